The minimum absolute atomic E-state index is 0.0732. The normalized spacial score (nSPS) is 14.3. The Bertz CT molecular complexity index is 1160. The molecule has 1 fully saturated rings. The van der Waals surface area contributed by atoms with Crippen LogP contribution in [-0.2, 0) is 0 Å². The summed E-state index contributed by atoms with van der Waals surface area (Å²) in [6.45, 7) is 0. The molecule has 5 nitrogen and oxygen atoms in total. The molecule has 1 N–H and O–H groups in total. The number of halogens is 3. The quantitative estimate of drug-likeness (QED) is 0.474. The molecule has 1 aromatic heterocycles. The number of nitrogens with zero attached hydrogens (tertiary/aromatic N) is 3. The number of amides is 1. The van der Waals surface area contributed by atoms with Crippen molar-refractivity contribution in [2.75, 3.05) is 0 Å². The van der Waals surface area contributed by atoms with Gasteiger partial charge in [-0.15, -0.1) is 0 Å². The fourth-order valence-corrected chi connectivity index (χ4v) is 4.49. The average Bonchev–Trinajstić information content (AvgIpc) is 3.14. The predicted molar refractivity (Wildman–Crippen MR) is 123 cm³/mol. The zero-order chi connectivity index (χ0) is 22.0. The number of hydrogen-bond acceptors (Lipinski definition) is 3. The smallest absolute Gasteiger partial charge is 0.273 e. The summed E-state index contributed by atoms with van der Waals surface area (Å²) < 4.78 is 1.63. The topological polar surface area (TPSA) is 70.7 Å². The van der Waals surface area contributed by atoms with Crippen molar-refractivity contribution in [1.29, 1.82) is 5.26 Å². The molecule has 1 amide bonds. The largest absolute Gasteiger partial charge is 0.348 e. The third-order valence-corrected chi connectivity index (χ3v) is 6.20. The number of benzene rings is 2. The van der Waals surface area contributed by atoms with E-state index in [1.54, 1.807) is 47.0 Å². The fourth-order valence-electron chi connectivity index (χ4n) is 3.88. The molecule has 0 atom stereocenters. The summed E-state index contributed by atoms with van der Waals surface area (Å²) in [5.74, 6) is 0.0248. The van der Waals surface area contributed by atoms with Gasteiger partial charge in [0.05, 0.1) is 5.02 Å². The Hall–Kier alpha value is -2.52. The van der Waals surface area contributed by atoms with Crippen molar-refractivity contribution in [3.63, 3.8) is 0 Å². The number of nitrogens with one attached hydrogen (secondary N) is 1. The van der Waals surface area contributed by atoms with Gasteiger partial charge in [0.25, 0.3) is 5.91 Å². The molecular formula is C23H19Cl3N4O. The van der Waals surface area contributed by atoms with Gasteiger partial charge < -0.3 is 5.32 Å². The molecular weight excluding hydrogens is 455 g/mol. The van der Waals surface area contributed by atoms with Crippen LogP contribution < -0.4 is 5.32 Å². The van der Waals surface area contributed by atoms with Crippen molar-refractivity contribution in [3.05, 3.63) is 68.9 Å². The molecule has 0 bridgehead atoms. The van der Waals surface area contributed by atoms with Gasteiger partial charge in [0.2, 0.25) is 0 Å². The van der Waals surface area contributed by atoms with Gasteiger partial charge in [-0.2, -0.15) is 5.26 Å². The van der Waals surface area contributed by atoms with Gasteiger partial charge >= 0.3 is 0 Å². The summed E-state index contributed by atoms with van der Waals surface area (Å²) in [6, 6.07) is 14.2. The molecule has 1 saturated carbocycles. The van der Waals surface area contributed by atoms with Gasteiger partial charge in [0.1, 0.15) is 11.9 Å². The molecule has 3 aromatic rings. The summed E-state index contributed by atoms with van der Waals surface area (Å²) >= 11 is 18.6. The standard InChI is InChI=1S/C23H19Cl3N4O/c24-14-6-9-17(10-7-14)30-20(13-27)21(23(31)28-16-4-2-1-3-5-16)29-22(30)18-11-8-15(25)12-19(18)26/h6-12,16H,1-5H2,(H,28,31). The zero-order valence-electron chi connectivity index (χ0n) is 16.5. The molecule has 0 saturated heterocycles. The first-order chi connectivity index (χ1) is 15.0. The Labute approximate surface area is 195 Å². The van der Waals surface area contributed by atoms with E-state index >= 15 is 0 Å². The maximum absolute atomic E-state index is 13.1. The van der Waals surface area contributed by atoms with E-state index < -0.39 is 0 Å². The highest BCUT2D eigenvalue weighted by Crippen LogP contribution is 2.33. The summed E-state index contributed by atoms with van der Waals surface area (Å²) in [7, 11) is 0. The Morgan fingerprint density at radius 1 is 1.03 bits per heavy atom. The SMILES string of the molecule is N#Cc1c(C(=O)NC2CCCCC2)nc(-c2ccc(Cl)cc2Cl)n1-c1ccc(Cl)cc1. The third kappa shape index (κ3) is 4.57. The van der Waals surface area contributed by atoms with E-state index in [9.17, 15) is 10.1 Å². The molecule has 31 heavy (non-hydrogen) atoms. The second kappa shape index (κ2) is 9.32. The van der Waals surface area contributed by atoms with Gasteiger partial charge in [0.15, 0.2) is 11.4 Å². The van der Waals surface area contributed by atoms with E-state index in [1.165, 1.54) is 6.42 Å². The maximum atomic E-state index is 13.1. The van der Waals surface area contributed by atoms with Crippen molar-refractivity contribution < 1.29 is 4.79 Å². The van der Waals surface area contributed by atoms with Gasteiger partial charge in [-0.05, 0) is 55.3 Å². The zero-order valence-corrected chi connectivity index (χ0v) is 18.8. The molecule has 4 rings (SSSR count). The summed E-state index contributed by atoms with van der Waals surface area (Å²) in [4.78, 5) is 17.7. The van der Waals surface area contributed by atoms with Crippen LogP contribution in [0.15, 0.2) is 42.5 Å². The lowest BCUT2D eigenvalue weighted by atomic mass is 9.95. The van der Waals surface area contributed by atoms with Crippen LogP contribution in [0.4, 0.5) is 0 Å². The molecule has 0 aliphatic heterocycles. The van der Waals surface area contributed by atoms with Crippen molar-refractivity contribution in [3.8, 4) is 23.1 Å². The van der Waals surface area contributed by atoms with Crippen LogP contribution >= 0.6 is 34.8 Å². The van der Waals surface area contributed by atoms with E-state index in [4.69, 9.17) is 34.8 Å². The van der Waals surface area contributed by atoms with Crippen LogP contribution in [0.3, 0.4) is 0 Å². The van der Waals surface area contributed by atoms with E-state index in [0.29, 0.717) is 32.1 Å². The summed E-state index contributed by atoms with van der Waals surface area (Å²) in [6.07, 6.45) is 5.21. The minimum Gasteiger partial charge on any atom is -0.348 e. The fraction of sp³-hybridized carbons (Fsp3) is 0.261. The van der Waals surface area contributed by atoms with E-state index in [-0.39, 0.29) is 23.3 Å². The van der Waals surface area contributed by atoms with Gasteiger partial charge in [-0.1, -0.05) is 54.1 Å². The molecule has 0 radical (unpaired) electrons. The van der Waals surface area contributed by atoms with Crippen molar-refractivity contribution in [2.45, 2.75) is 38.1 Å². The molecule has 0 spiro atoms. The number of hydrogen-bond donors (Lipinski definition) is 1. The number of imidazole rings is 1. The molecule has 0 unspecified atom stereocenters. The molecule has 8 heteroatoms. The Morgan fingerprint density at radius 2 is 1.71 bits per heavy atom. The van der Waals surface area contributed by atoms with E-state index in [2.05, 4.69) is 16.4 Å². The van der Waals surface area contributed by atoms with Crippen LogP contribution in [0.1, 0.15) is 48.3 Å². The van der Waals surface area contributed by atoms with Gasteiger partial charge in [0, 0.05) is 27.3 Å². The van der Waals surface area contributed by atoms with Crippen molar-refractivity contribution >= 4 is 40.7 Å². The molecule has 1 heterocycles. The lowest BCUT2D eigenvalue weighted by Crippen LogP contribution is -2.36. The molecule has 1 aliphatic carbocycles. The first-order valence-electron chi connectivity index (χ1n) is 10.0. The van der Waals surface area contributed by atoms with E-state index in [1.807, 2.05) is 0 Å². The Balaban J connectivity index is 1.85. The molecule has 1 aliphatic rings. The van der Waals surface area contributed by atoms with Crippen molar-refractivity contribution in [2.24, 2.45) is 0 Å². The van der Waals surface area contributed by atoms with Gasteiger partial charge in [-0.25, -0.2) is 4.98 Å². The summed E-state index contributed by atoms with van der Waals surface area (Å²) in [5.41, 5.74) is 1.42. The van der Waals surface area contributed by atoms with Crippen LogP contribution in [0.5, 0.6) is 0 Å². The van der Waals surface area contributed by atoms with Crippen LogP contribution in [0, 0.1) is 11.3 Å². The van der Waals surface area contributed by atoms with Crippen LogP contribution in [-0.4, -0.2) is 21.5 Å². The van der Waals surface area contributed by atoms with Crippen LogP contribution in [0.2, 0.25) is 15.1 Å². The van der Waals surface area contributed by atoms with Crippen molar-refractivity contribution in [1.82, 2.24) is 14.9 Å². The molecule has 2 aromatic carbocycles. The average molecular weight is 474 g/mol. The monoisotopic (exact) mass is 472 g/mol. The number of nitriles is 1. The second-order valence-corrected chi connectivity index (χ2v) is 8.77. The number of aromatic nitrogens is 2. The number of carbonyl (C=O) groups is 1. The Kier molecular flexibility index (Phi) is 6.52. The number of rotatable bonds is 4. The minimum atomic E-state index is -0.359. The summed E-state index contributed by atoms with van der Waals surface area (Å²) in [5, 5.41) is 14.4. The first-order valence-corrected chi connectivity index (χ1v) is 11.2. The Morgan fingerprint density at radius 3 is 2.35 bits per heavy atom. The van der Waals surface area contributed by atoms with Gasteiger partial charge in [-0.3, -0.25) is 9.36 Å². The lowest BCUT2D eigenvalue weighted by Gasteiger charge is -2.22. The highest BCUT2D eigenvalue weighted by Gasteiger charge is 2.27. The maximum Gasteiger partial charge on any atom is 0.273 e. The highest BCUT2D eigenvalue weighted by molar-refractivity contribution is 6.36. The third-order valence-electron chi connectivity index (χ3n) is 5.40. The highest BCUT2D eigenvalue weighted by atomic mass is 35.5. The number of carbonyl (C=O) groups excluding carboxylic acids is 1. The predicted octanol–water partition coefficient (Wildman–Crippen LogP) is 6.43. The second-order valence-electron chi connectivity index (χ2n) is 7.49. The van der Waals surface area contributed by atoms with E-state index in [0.717, 1.165) is 25.7 Å². The van der Waals surface area contributed by atoms with Crippen LogP contribution in [0.25, 0.3) is 17.1 Å². The molecule has 158 valence electrons. The first kappa shape index (κ1) is 21.7. The lowest BCUT2D eigenvalue weighted by molar-refractivity contribution is 0.0923.